The van der Waals surface area contributed by atoms with Crippen LogP contribution in [0.4, 0.5) is 0 Å². The van der Waals surface area contributed by atoms with Gasteiger partial charge in [0.1, 0.15) is 6.04 Å². The van der Waals surface area contributed by atoms with Gasteiger partial charge in [-0.3, -0.25) is 9.59 Å². The number of hydrogen-bond acceptors (Lipinski definition) is 3. The van der Waals surface area contributed by atoms with Crippen LogP contribution in [0.15, 0.2) is 0 Å². The Labute approximate surface area is 85.9 Å². The van der Waals surface area contributed by atoms with Crippen molar-refractivity contribution in [3.8, 4) is 0 Å². The first kappa shape index (κ1) is 13.5. The van der Waals surface area contributed by atoms with Gasteiger partial charge in [0.25, 0.3) is 0 Å². The zero-order chi connectivity index (χ0) is 8.15. The van der Waals surface area contributed by atoms with Crippen LogP contribution >= 0.6 is 0 Å². The largest absolute Gasteiger partial charge is 1.00 e. The van der Waals surface area contributed by atoms with E-state index in [-0.39, 0.29) is 42.4 Å². The number of hydrogen-bond donors (Lipinski definition) is 3. The van der Waals surface area contributed by atoms with Gasteiger partial charge in [0, 0.05) is 6.42 Å². The molecule has 0 heterocycles. The third-order valence-corrected chi connectivity index (χ3v) is 0.986. The SMILES string of the molecule is NC(CCC(=O)O)C(=O)O.[Na+]. The van der Waals surface area contributed by atoms with Gasteiger partial charge in [-0.1, -0.05) is 0 Å². The van der Waals surface area contributed by atoms with E-state index in [4.69, 9.17) is 15.9 Å². The van der Waals surface area contributed by atoms with Gasteiger partial charge in [0.2, 0.25) is 0 Å². The van der Waals surface area contributed by atoms with Gasteiger partial charge in [-0.15, -0.1) is 0 Å². The Morgan fingerprint density at radius 3 is 2.09 bits per heavy atom. The molecule has 58 valence electrons. The van der Waals surface area contributed by atoms with Gasteiger partial charge in [-0.2, -0.15) is 0 Å². The fourth-order valence-electron chi connectivity index (χ4n) is 0.402. The molecule has 0 aliphatic rings. The van der Waals surface area contributed by atoms with Crippen LogP contribution in [0.1, 0.15) is 12.8 Å². The third-order valence-electron chi connectivity index (χ3n) is 0.986. The van der Waals surface area contributed by atoms with E-state index in [1.165, 1.54) is 0 Å². The number of carboxylic acids is 2. The van der Waals surface area contributed by atoms with E-state index in [0.29, 0.717) is 0 Å². The Hall–Kier alpha value is -0.100. The first-order valence-electron chi connectivity index (χ1n) is 2.74. The quantitative estimate of drug-likeness (QED) is 0.376. The van der Waals surface area contributed by atoms with Crippen molar-refractivity contribution < 1.29 is 49.4 Å². The standard InChI is InChI=1S/C5H9NO4.Na/c6-3(5(9)10)1-2-4(7)8;/h3H,1-2,6H2,(H,7,8)(H,9,10);/q;+1. The predicted molar refractivity (Wildman–Crippen MR) is 32.5 cm³/mol. The molecule has 1 unspecified atom stereocenters. The summed E-state index contributed by atoms with van der Waals surface area (Å²) >= 11 is 0. The summed E-state index contributed by atoms with van der Waals surface area (Å²) in [7, 11) is 0. The first-order valence-corrected chi connectivity index (χ1v) is 2.74. The van der Waals surface area contributed by atoms with Crippen molar-refractivity contribution in [2.45, 2.75) is 18.9 Å². The molecule has 0 saturated carbocycles. The summed E-state index contributed by atoms with van der Waals surface area (Å²) in [5, 5.41) is 16.3. The predicted octanol–water partition coefficient (Wildman–Crippen LogP) is -3.73. The smallest absolute Gasteiger partial charge is 0.481 e. The maximum atomic E-state index is 9.99. The van der Waals surface area contributed by atoms with Crippen LogP contribution in [-0.2, 0) is 9.59 Å². The van der Waals surface area contributed by atoms with E-state index in [2.05, 4.69) is 0 Å². The van der Waals surface area contributed by atoms with E-state index in [9.17, 15) is 9.59 Å². The Morgan fingerprint density at radius 2 is 1.82 bits per heavy atom. The molecule has 0 rings (SSSR count). The van der Waals surface area contributed by atoms with Crippen molar-refractivity contribution in [3.05, 3.63) is 0 Å². The van der Waals surface area contributed by atoms with Crippen LogP contribution in [-0.4, -0.2) is 28.2 Å². The maximum Gasteiger partial charge on any atom is 1.00 e. The summed E-state index contributed by atoms with van der Waals surface area (Å²) in [6, 6.07) is -1.06. The van der Waals surface area contributed by atoms with Gasteiger partial charge in [0.05, 0.1) is 0 Å². The Balaban J connectivity index is 0. The number of carbonyl (C=O) groups is 2. The molecule has 6 heteroatoms. The Kier molecular flexibility index (Phi) is 8.09. The zero-order valence-corrected chi connectivity index (χ0v) is 8.28. The van der Waals surface area contributed by atoms with Crippen molar-refractivity contribution in [1.82, 2.24) is 0 Å². The summed E-state index contributed by atoms with van der Waals surface area (Å²) in [5.41, 5.74) is 5.00. The second-order valence-electron chi connectivity index (χ2n) is 1.88. The van der Waals surface area contributed by atoms with Gasteiger partial charge < -0.3 is 15.9 Å². The molecule has 0 aliphatic heterocycles. The number of rotatable bonds is 4. The first-order chi connectivity index (χ1) is 4.54. The van der Waals surface area contributed by atoms with Crippen molar-refractivity contribution in [2.24, 2.45) is 5.73 Å². The molecule has 0 aromatic rings. The molecule has 0 spiro atoms. The zero-order valence-electron chi connectivity index (χ0n) is 6.28. The molecule has 5 nitrogen and oxygen atoms in total. The summed E-state index contributed by atoms with van der Waals surface area (Å²) < 4.78 is 0. The fourth-order valence-corrected chi connectivity index (χ4v) is 0.402. The van der Waals surface area contributed by atoms with Gasteiger partial charge >= 0.3 is 41.5 Å². The normalized spacial score (nSPS) is 11.4. The third kappa shape index (κ3) is 7.80. The molecule has 0 bridgehead atoms. The molecule has 0 fully saturated rings. The summed E-state index contributed by atoms with van der Waals surface area (Å²) in [6.07, 6.45) is -0.224. The van der Waals surface area contributed by atoms with Crippen LogP contribution < -0.4 is 35.3 Å². The topological polar surface area (TPSA) is 101 Å². The molecule has 4 N–H and O–H groups in total. The summed E-state index contributed by atoms with van der Waals surface area (Å²) in [6.45, 7) is 0. The molecular weight excluding hydrogens is 161 g/mol. The van der Waals surface area contributed by atoms with Gasteiger partial charge in [-0.05, 0) is 6.42 Å². The molecule has 0 amide bonds. The molecule has 0 aromatic heterocycles. The molecule has 0 aromatic carbocycles. The van der Waals surface area contributed by atoms with Crippen LogP contribution in [0, 0.1) is 0 Å². The van der Waals surface area contributed by atoms with Gasteiger partial charge in [-0.25, -0.2) is 0 Å². The minimum atomic E-state index is -1.17. The molecule has 11 heavy (non-hydrogen) atoms. The summed E-state index contributed by atoms with van der Waals surface area (Å²) in [5.74, 6) is -2.20. The second-order valence-corrected chi connectivity index (χ2v) is 1.88. The number of carboxylic acid groups (broad SMARTS) is 2. The van der Waals surface area contributed by atoms with Crippen LogP contribution in [0.25, 0.3) is 0 Å². The fraction of sp³-hybridized carbons (Fsp3) is 0.600. The molecular formula is C5H9NNaO4+. The van der Waals surface area contributed by atoms with Gasteiger partial charge in [0.15, 0.2) is 0 Å². The number of nitrogens with two attached hydrogens (primary N) is 1. The van der Waals surface area contributed by atoms with E-state index in [0.717, 1.165) is 0 Å². The van der Waals surface area contributed by atoms with E-state index >= 15 is 0 Å². The molecule has 0 aliphatic carbocycles. The number of aliphatic carboxylic acids is 2. The van der Waals surface area contributed by atoms with Crippen molar-refractivity contribution in [3.63, 3.8) is 0 Å². The summed E-state index contributed by atoms with van der Waals surface area (Å²) in [4.78, 5) is 19.9. The Morgan fingerprint density at radius 1 is 1.36 bits per heavy atom. The Bertz CT molecular complexity index is 149. The average molecular weight is 170 g/mol. The van der Waals surface area contributed by atoms with Crippen molar-refractivity contribution >= 4 is 11.9 Å². The van der Waals surface area contributed by atoms with E-state index < -0.39 is 18.0 Å². The second kappa shape index (κ2) is 6.60. The van der Waals surface area contributed by atoms with E-state index in [1.807, 2.05) is 0 Å². The average Bonchev–Trinajstić information content (AvgIpc) is 1.82. The van der Waals surface area contributed by atoms with Crippen LogP contribution in [0.2, 0.25) is 0 Å². The minimum Gasteiger partial charge on any atom is -0.481 e. The minimum absolute atomic E-state index is 0. The van der Waals surface area contributed by atoms with Crippen molar-refractivity contribution in [1.29, 1.82) is 0 Å². The van der Waals surface area contributed by atoms with Crippen LogP contribution in [0.3, 0.4) is 0 Å². The van der Waals surface area contributed by atoms with Crippen molar-refractivity contribution in [2.75, 3.05) is 0 Å². The molecule has 0 saturated heterocycles. The monoisotopic (exact) mass is 170 g/mol. The van der Waals surface area contributed by atoms with E-state index in [1.54, 1.807) is 0 Å². The molecule has 1 atom stereocenters. The molecule has 0 radical (unpaired) electrons. The maximum absolute atomic E-state index is 9.99. The van der Waals surface area contributed by atoms with Crippen LogP contribution in [0.5, 0.6) is 0 Å².